The highest BCUT2D eigenvalue weighted by Crippen LogP contribution is 2.17. The van der Waals surface area contributed by atoms with Crippen LogP contribution in [0.5, 0.6) is 0 Å². The molecule has 0 unspecified atom stereocenters. The van der Waals surface area contributed by atoms with Gasteiger partial charge in [0, 0.05) is 38.3 Å². The minimum atomic E-state index is -1.07. The summed E-state index contributed by atoms with van der Waals surface area (Å²) in [4.78, 5) is 1.90. The zero-order valence-electron chi connectivity index (χ0n) is 8.77. The van der Waals surface area contributed by atoms with Crippen molar-refractivity contribution in [2.75, 3.05) is 26.2 Å². The molecule has 0 amide bonds. The van der Waals surface area contributed by atoms with E-state index in [4.69, 9.17) is 0 Å². The lowest BCUT2D eigenvalue weighted by Crippen LogP contribution is -2.43. The Hall–Kier alpha value is -1.07. The molecule has 16 heavy (non-hydrogen) atoms. The van der Waals surface area contributed by atoms with Gasteiger partial charge in [-0.25, -0.2) is 13.2 Å². The molecule has 2 rings (SSSR count). The van der Waals surface area contributed by atoms with E-state index < -0.39 is 17.5 Å². The SMILES string of the molecule is Fc1ccc(F)c(CN2CCNCC2)c1F. The number of benzene rings is 1. The number of nitrogens with one attached hydrogen (secondary N) is 1. The average molecular weight is 230 g/mol. The van der Waals surface area contributed by atoms with Crippen molar-refractivity contribution < 1.29 is 13.2 Å². The molecule has 1 aliphatic rings. The van der Waals surface area contributed by atoms with Crippen molar-refractivity contribution in [2.45, 2.75) is 6.54 Å². The summed E-state index contributed by atoms with van der Waals surface area (Å²) in [5.41, 5.74) is -0.179. The van der Waals surface area contributed by atoms with E-state index in [1.54, 1.807) is 0 Å². The van der Waals surface area contributed by atoms with Gasteiger partial charge < -0.3 is 5.32 Å². The zero-order valence-corrected chi connectivity index (χ0v) is 8.77. The van der Waals surface area contributed by atoms with Crippen molar-refractivity contribution in [1.82, 2.24) is 10.2 Å². The number of halogens is 3. The smallest absolute Gasteiger partial charge is 0.166 e. The molecule has 0 saturated carbocycles. The molecule has 1 saturated heterocycles. The van der Waals surface area contributed by atoms with Crippen molar-refractivity contribution in [2.24, 2.45) is 0 Å². The number of piperazine rings is 1. The number of hydrogen-bond acceptors (Lipinski definition) is 2. The van der Waals surface area contributed by atoms with E-state index in [1.165, 1.54) is 0 Å². The van der Waals surface area contributed by atoms with Crippen LogP contribution in [-0.4, -0.2) is 31.1 Å². The van der Waals surface area contributed by atoms with Gasteiger partial charge >= 0.3 is 0 Å². The molecular weight excluding hydrogens is 217 g/mol. The summed E-state index contributed by atoms with van der Waals surface area (Å²) in [5.74, 6) is -2.75. The van der Waals surface area contributed by atoms with Crippen LogP contribution in [-0.2, 0) is 6.54 Å². The van der Waals surface area contributed by atoms with E-state index in [0.717, 1.165) is 38.3 Å². The van der Waals surface area contributed by atoms with E-state index in [9.17, 15) is 13.2 Å². The Morgan fingerprint density at radius 1 is 1.06 bits per heavy atom. The predicted molar refractivity (Wildman–Crippen MR) is 54.5 cm³/mol. The Kier molecular flexibility index (Phi) is 3.46. The summed E-state index contributed by atoms with van der Waals surface area (Å²) in [7, 11) is 0. The third-order valence-electron chi connectivity index (χ3n) is 2.73. The molecule has 0 aliphatic carbocycles. The van der Waals surface area contributed by atoms with Gasteiger partial charge in [0.25, 0.3) is 0 Å². The standard InChI is InChI=1S/C11H13F3N2/c12-9-1-2-10(13)11(14)8(9)7-16-5-3-15-4-6-16/h1-2,15H,3-7H2. The molecule has 0 bridgehead atoms. The highest BCUT2D eigenvalue weighted by molar-refractivity contribution is 5.21. The maximum atomic E-state index is 13.4. The van der Waals surface area contributed by atoms with Crippen LogP contribution in [0.1, 0.15) is 5.56 Å². The van der Waals surface area contributed by atoms with Crippen LogP contribution in [0.25, 0.3) is 0 Å². The molecule has 1 heterocycles. The third-order valence-corrected chi connectivity index (χ3v) is 2.73. The lowest BCUT2D eigenvalue weighted by molar-refractivity contribution is 0.226. The molecule has 2 nitrogen and oxygen atoms in total. The quantitative estimate of drug-likeness (QED) is 0.775. The number of hydrogen-bond donors (Lipinski definition) is 1. The minimum absolute atomic E-state index is 0.122. The van der Waals surface area contributed by atoms with E-state index in [1.807, 2.05) is 4.90 Å². The summed E-state index contributed by atoms with van der Waals surface area (Å²) < 4.78 is 39.6. The molecule has 0 radical (unpaired) electrons. The topological polar surface area (TPSA) is 15.3 Å². The van der Waals surface area contributed by atoms with Gasteiger partial charge in [0.2, 0.25) is 0 Å². The first kappa shape index (κ1) is 11.4. The Morgan fingerprint density at radius 2 is 1.69 bits per heavy atom. The highest BCUT2D eigenvalue weighted by Gasteiger charge is 2.18. The van der Waals surface area contributed by atoms with Gasteiger partial charge in [-0.05, 0) is 12.1 Å². The van der Waals surface area contributed by atoms with Crippen LogP contribution >= 0.6 is 0 Å². The minimum Gasteiger partial charge on any atom is -0.314 e. The maximum absolute atomic E-state index is 13.4. The fourth-order valence-corrected chi connectivity index (χ4v) is 1.81. The van der Waals surface area contributed by atoms with E-state index >= 15 is 0 Å². The van der Waals surface area contributed by atoms with Gasteiger partial charge in [0.05, 0.1) is 0 Å². The fourth-order valence-electron chi connectivity index (χ4n) is 1.81. The Bertz CT molecular complexity index is 376. The molecule has 0 atom stereocenters. The van der Waals surface area contributed by atoms with Gasteiger partial charge in [-0.3, -0.25) is 4.90 Å². The van der Waals surface area contributed by atoms with Crippen molar-refractivity contribution in [3.05, 3.63) is 35.1 Å². The number of rotatable bonds is 2. The van der Waals surface area contributed by atoms with Crippen LogP contribution in [0.3, 0.4) is 0 Å². The second-order valence-corrected chi connectivity index (χ2v) is 3.85. The lowest BCUT2D eigenvalue weighted by Gasteiger charge is -2.27. The monoisotopic (exact) mass is 230 g/mol. The highest BCUT2D eigenvalue weighted by atomic mass is 19.2. The summed E-state index contributed by atoms with van der Waals surface area (Å²) in [6.07, 6.45) is 0. The average Bonchev–Trinajstić information content (AvgIpc) is 2.31. The molecule has 0 spiro atoms. The Morgan fingerprint density at radius 3 is 2.38 bits per heavy atom. The maximum Gasteiger partial charge on any atom is 0.166 e. The van der Waals surface area contributed by atoms with Gasteiger partial charge in [-0.1, -0.05) is 0 Å². The van der Waals surface area contributed by atoms with Crippen molar-refractivity contribution in [1.29, 1.82) is 0 Å². The summed E-state index contributed by atoms with van der Waals surface area (Å²) in [6, 6.07) is 1.78. The predicted octanol–water partition coefficient (Wildman–Crippen LogP) is 1.51. The molecule has 1 aromatic rings. The molecular formula is C11H13F3N2. The van der Waals surface area contributed by atoms with Crippen molar-refractivity contribution in [3.8, 4) is 0 Å². The molecule has 1 N–H and O–H groups in total. The third kappa shape index (κ3) is 2.36. The van der Waals surface area contributed by atoms with E-state index in [-0.39, 0.29) is 12.1 Å². The molecule has 1 aromatic carbocycles. The summed E-state index contributed by atoms with van der Waals surface area (Å²) in [6.45, 7) is 3.14. The van der Waals surface area contributed by atoms with Crippen molar-refractivity contribution >= 4 is 0 Å². The fraction of sp³-hybridized carbons (Fsp3) is 0.455. The first-order valence-electron chi connectivity index (χ1n) is 5.24. The van der Waals surface area contributed by atoms with Gasteiger partial charge in [0.15, 0.2) is 11.6 Å². The Balaban J connectivity index is 2.16. The summed E-state index contributed by atoms with van der Waals surface area (Å²) in [5, 5.41) is 3.14. The van der Waals surface area contributed by atoms with Gasteiger partial charge in [-0.15, -0.1) is 0 Å². The second kappa shape index (κ2) is 4.84. The second-order valence-electron chi connectivity index (χ2n) is 3.85. The van der Waals surface area contributed by atoms with Gasteiger partial charge in [0.1, 0.15) is 5.82 Å². The lowest BCUT2D eigenvalue weighted by atomic mass is 10.1. The molecule has 5 heteroatoms. The molecule has 88 valence electrons. The zero-order chi connectivity index (χ0) is 11.5. The van der Waals surface area contributed by atoms with Crippen LogP contribution in [0.15, 0.2) is 12.1 Å². The largest absolute Gasteiger partial charge is 0.314 e. The van der Waals surface area contributed by atoms with Crippen LogP contribution < -0.4 is 5.32 Å². The van der Waals surface area contributed by atoms with E-state index in [2.05, 4.69) is 5.32 Å². The van der Waals surface area contributed by atoms with Crippen LogP contribution in [0.2, 0.25) is 0 Å². The summed E-state index contributed by atoms with van der Waals surface area (Å²) >= 11 is 0. The number of nitrogens with zero attached hydrogens (tertiary/aromatic N) is 1. The van der Waals surface area contributed by atoms with Crippen molar-refractivity contribution in [3.63, 3.8) is 0 Å². The molecule has 0 aromatic heterocycles. The first-order chi connectivity index (χ1) is 7.68. The van der Waals surface area contributed by atoms with Crippen LogP contribution in [0, 0.1) is 17.5 Å². The van der Waals surface area contributed by atoms with Gasteiger partial charge in [-0.2, -0.15) is 0 Å². The molecule has 1 fully saturated rings. The van der Waals surface area contributed by atoms with E-state index in [0.29, 0.717) is 0 Å². The first-order valence-corrected chi connectivity index (χ1v) is 5.24. The van der Waals surface area contributed by atoms with Crippen LogP contribution in [0.4, 0.5) is 13.2 Å². The normalized spacial score (nSPS) is 17.7. The molecule has 1 aliphatic heterocycles. The Labute approximate surface area is 92.1 Å².